The number of carbonyl (C=O) groups excluding carboxylic acids is 2. The fourth-order valence-corrected chi connectivity index (χ4v) is 5.14. The smallest absolute Gasteiger partial charge is 0.431 e. The fourth-order valence-electron chi connectivity index (χ4n) is 5.14. The Kier molecular flexibility index (Phi) is 6.88. The molecule has 22 heteroatoms. The lowest BCUT2D eigenvalue weighted by atomic mass is 9.70. The van der Waals surface area contributed by atoms with Crippen LogP contribution in [0.2, 0.25) is 0 Å². The molecule has 2 heterocycles. The summed E-state index contributed by atoms with van der Waals surface area (Å²) in [6.45, 7) is 0. The quantitative estimate of drug-likeness (QED) is 0.237. The van der Waals surface area contributed by atoms with Crippen molar-refractivity contribution >= 4 is 11.9 Å². The lowest BCUT2D eigenvalue weighted by Gasteiger charge is -2.40. The van der Waals surface area contributed by atoms with Crippen molar-refractivity contribution in [2.24, 2.45) is 0 Å². The first-order valence-corrected chi connectivity index (χ1v) is 11.1. The van der Waals surface area contributed by atoms with Gasteiger partial charge < -0.3 is 9.47 Å². The number of hydrogen-bond acceptors (Lipinski definition) is 4. The molecule has 0 unspecified atom stereocenters. The molecule has 2 aliphatic rings. The Hall–Kier alpha value is -3.88. The predicted molar refractivity (Wildman–Crippen MR) is 104 cm³/mol. The minimum absolute atomic E-state index is 0.367. The van der Waals surface area contributed by atoms with Crippen LogP contribution in [0.1, 0.15) is 43.0 Å². The van der Waals surface area contributed by atoms with Crippen molar-refractivity contribution in [2.45, 2.75) is 53.7 Å². The molecule has 0 saturated carbocycles. The Morgan fingerprint density at radius 1 is 0.444 bits per heavy atom. The lowest BCUT2D eigenvalue weighted by Crippen LogP contribution is -2.56. The Bertz CT molecular complexity index is 1420. The number of fused-ring (bicyclic) bond motifs is 2. The maximum absolute atomic E-state index is 14.6. The van der Waals surface area contributed by atoms with Gasteiger partial charge in [0.15, 0.2) is 0 Å². The summed E-state index contributed by atoms with van der Waals surface area (Å²) < 4.78 is 260. The largest absolute Gasteiger partial charge is 0.442 e. The monoisotopic (exact) mass is 688 g/mol. The van der Waals surface area contributed by atoms with Crippen molar-refractivity contribution in [3.05, 3.63) is 69.8 Å². The third-order valence-corrected chi connectivity index (χ3v) is 7.04. The van der Waals surface area contributed by atoms with Gasteiger partial charge in [-0.3, -0.25) is 0 Å². The van der Waals surface area contributed by atoms with E-state index in [0.717, 1.165) is 0 Å². The van der Waals surface area contributed by atoms with Crippen LogP contribution in [0.3, 0.4) is 0 Å². The van der Waals surface area contributed by atoms with Crippen LogP contribution in [0.15, 0.2) is 36.4 Å². The number of halogens is 18. The van der Waals surface area contributed by atoms with Crippen LogP contribution in [0, 0.1) is 0 Å². The zero-order valence-electron chi connectivity index (χ0n) is 20.4. The van der Waals surface area contributed by atoms with Gasteiger partial charge in [-0.15, -0.1) is 0 Å². The van der Waals surface area contributed by atoms with Crippen LogP contribution in [0.5, 0.6) is 0 Å². The zero-order chi connectivity index (χ0) is 34.8. The lowest BCUT2D eigenvalue weighted by molar-refractivity contribution is -0.369. The molecular formula is C23H6F18O4. The molecule has 0 atom stereocenters. The standard InChI is InChI=1S/C23H6F18O4/c24-18(25,26)15(19(27,28)29,7-1-3-9-11(5-7)16(20(30,31)32,21(33,34)35)44-13(9)42)8-2-4-10-12(6-8)17(22(36,37)38,23(39,40)41)45-14(10)43/h1-6H. The molecular weight excluding hydrogens is 682 g/mol. The molecule has 2 aliphatic heterocycles. The number of cyclic esters (lactones) is 2. The number of ether oxygens (including phenoxy) is 2. The van der Waals surface area contributed by atoms with Gasteiger partial charge in [0.25, 0.3) is 0 Å². The summed E-state index contributed by atoms with van der Waals surface area (Å²) in [4.78, 5) is 23.8. The Morgan fingerprint density at radius 3 is 0.933 bits per heavy atom. The summed E-state index contributed by atoms with van der Waals surface area (Å²) in [7, 11) is 0. The molecule has 0 amide bonds. The number of hydrogen-bond donors (Lipinski definition) is 0. The Balaban J connectivity index is 2.19. The Morgan fingerprint density at radius 2 is 0.711 bits per heavy atom. The van der Waals surface area contributed by atoms with Crippen LogP contribution in [0.4, 0.5) is 79.0 Å². The topological polar surface area (TPSA) is 52.6 Å². The van der Waals surface area contributed by atoms with Gasteiger partial charge in [0.2, 0.25) is 5.41 Å². The number of benzene rings is 2. The number of rotatable bonds is 2. The summed E-state index contributed by atoms with van der Waals surface area (Å²) in [5, 5.41) is 0. The molecule has 0 aliphatic carbocycles. The second-order valence-corrected chi connectivity index (χ2v) is 9.40. The van der Waals surface area contributed by atoms with Crippen molar-refractivity contribution in [3.8, 4) is 0 Å². The van der Waals surface area contributed by atoms with Gasteiger partial charge >= 0.3 is 60.2 Å². The van der Waals surface area contributed by atoms with E-state index < -0.39 is 123 Å². The van der Waals surface area contributed by atoms with E-state index in [1.165, 1.54) is 0 Å². The molecule has 0 spiro atoms. The first-order valence-electron chi connectivity index (χ1n) is 11.1. The third kappa shape index (κ3) is 4.18. The van der Waals surface area contributed by atoms with E-state index in [4.69, 9.17) is 0 Å². The molecule has 2 aromatic carbocycles. The minimum Gasteiger partial charge on any atom is -0.431 e. The average Bonchev–Trinajstić information content (AvgIpc) is 3.29. The summed E-state index contributed by atoms with van der Waals surface area (Å²) in [5.74, 6) is -5.02. The van der Waals surface area contributed by atoms with Crippen molar-refractivity contribution in [1.29, 1.82) is 0 Å². The van der Waals surface area contributed by atoms with E-state index in [2.05, 4.69) is 9.47 Å². The van der Waals surface area contributed by atoms with Crippen LogP contribution in [0.25, 0.3) is 0 Å². The fraction of sp³-hybridized carbons (Fsp3) is 0.391. The van der Waals surface area contributed by atoms with Crippen molar-refractivity contribution in [2.75, 3.05) is 0 Å². The van der Waals surface area contributed by atoms with Crippen LogP contribution in [-0.4, -0.2) is 49.0 Å². The molecule has 248 valence electrons. The summed E-state index contributed by atoms with van der Waals surface area (Å²) in [6, 6.07) is -3.77. The highest BCUT2D eigenvalue weighted by atomic mass is 19.4. The molecule has 4 rings (SSSR count). The summed E-state index contributed by atoms with van der Waals surface area (Å²) >= 11 is 0. The first kappa shape index (κ1) is 34.0. The highest BCUT2D eigenvalue weighted by Gasteiger charge is 2.81. The molecule has 0 aromatic heterocycles. The van der Waals surface area contributed by atoms with Gasteiger partial charge in [0.05, 0.1) is 11.1 Å². The molecule has 4 nitrogen and oxygen atoms in total. The average molecular weight is 688 g/mol. The first-order chi connectivity index (χ1) is 19.9. The van der Waals surface area contributed by atoms with Crippen molar-refractivity contribution in [3.63, 3.8) is 0 Å². The van der Waals surface area contributed by atoms with Gasteiger partial charge in [-0.05, 0) is 35.4 Å². The second-order valence-electron chi connectivity index (χ2n) is 9.40. The summed E-state index contributed by atoms with van der Waals surface area (Å²) in [6.07, 6.45) is -41.2. The van der Waals surface area contributed by atoms with Crippen LogP contribution in [-0.2, 0) is 26.1 Å². The molecule has 0 radical (unpaired) electrons. The third-order valence-electron chi connectivity index (χ3n) is 7.04. The molecule has 2 aromatic rings. The van der Waals surface area contributed by atoms with Gasteiger partial charge in [0, 0.05) is 11.1 Å². The van der Waals surface area contributed by atoms with Gasteiger partial charge in [-0.25, -0.2) is 9.59 Å². The molecule has 0 bridgehead atoms. The minimum atomic E-state index is -7.03. The molecule has 0 N–H and O–H groups in total. The Labute approximate surface area is 234 Å². The number of alkyl halides is 18. The summed E-state index contributed by atoms with van der Waals surface area (Å²) in [5.41, 5.74) is -32.0. The normalized spacial score (nSPS) is 18.8. The highest BCUT2D eigenvalue weighted by Crippen LogP contribution is 2.62. The van der Waals surface area contributed by atoms with Crippen molar-refractivity contribution < 1.29 is 98.1 Å². The SMILES string of the molecule is O=C1OC(C(F)(F)F)(C(F)(F)F)c2cc(C(c3ccc4c(c3)C(C(F)(F)F)(C(F)(F)F)OC4=O)(C(F)(F)F)C(F)(F)F)ccc21. The van der Waals surface area contributed by atoms with E-state index >= 15 is 0 Å². The van der Waals surface area contributed by atoms with E-state index in [1.54, 1.807) is 0 Å². The molecule has 0 saturated heterocycles. The number of carbonyl (C=O) groups is 2. The molecule has 45 heavy (non-hydrogen) atoms. The van der Waals surface area contributed by atoms with Crippen LogP contribution >= 0.6 is 0 Å². The second kappa shape index (κ2) is 9.10. The van der Waals surface area contributed by atoms with Crippen molar-refractivity contribution in [1.82, 2.24) is 0 Å². The predicted octanol–water partition coefficient (Wildman–Crippen LogP) is 8.08. The van der Waals surface area contributed by atoms with Gasteiger partial charge in [0.1, 0.15) is 0 Å². The van der Waals surface area contributed by atoms with E-state index in [9.17, 15) is 88.6 Å². The zero-order valence-corrected chi connectivity index (χ0v) is 20.4. The highest BCUT2D eigenvalue weighted by molar-refractivity contribution is 5.96. The maximum Gasteiger partial charge on any atom is 0.442 e. The molecule has 0 fully saturated rings. The maximum atomic E-state index is 14.6. The van der Waals surface area contributed by atoms with Gasteiger partial charge in [-0.1, -0.05) is 12.1 Å². The van der Waals surface area contributed by atoms with Gasteiger partial charge in [-0.2, -0.15) is 79.0 Å². The van der Waals surface area contributed by atoms with E-state index in [-0.39, 0.29) is 12.1 Å². The van der Waals surface area contributed by atoms with Crippen LogP contribution < -0.4 is 0 Å². The van der Waals surface area contributed by atoms with E-state index in [0.29, 0.717) is 0 Å². The number of esters is 2. The van der Waals surface area contributed by atoms with E-state index in [1.807, 2.05) is 0 Å².